The molecule has 0 fully saturated rings. The van der Waals surface area contributed by atoms with Crippen molar-refractivity contribution in [3.8, 4) is 11.7 Å². The lowest BCUT2D eigenvalue weighted by Gasteiger charge is -1.98. The first-order valence-corrected chi connectivity index (χ1v) is 8.86. The van der Waals surface area contributed by atoms with E-state index >= 15 is 0 Å². The van der Waals surface area contributed by atoms with Crippen LogP contribution < -0.4 is 0 Å². The first-order valence-electron chi connectivity index (χ1n) is 7.06. The lowest BCUT2D eigenvalue weighted by molar-refractivity contribution is 0.494. The van der Waals surface area contributed by atoms with Gasteiger partial charge in [0.1, 0.15) is 16.2 Å². The molecule has 0 radical (unpaired) electrons. The minimum Gasteiger partial charge on any atom is -0.459 e. The van der Waals surface area contributed by atoms with Gasteiger partial charge in [-0.2, -0.15) is 0 Å². The second-order valence-corrected chi connectivity index (χ2v) is 6.81. The highest BCUT2D eigenvalue weighted by Crippen LogP contribution is 2.32. The number of thioether (sulfide) groups is 1. The zero-order valence-corrected chi connectivity index (χ0v) is 13.9. The molecule has 0 unspecified atom stereocenters. The maximum Gasteiger partial charge on any atom is 0.283 e. The number of aromatic nitrogens is 4. The number of hydrogen-bond donors (Lipinski definition) is 0. The van der Waals surface area contributed by atoms with Gasteiger partial charge in [-0.15, -0.1) is 21.5 Å². The molecular formula is C15H12N4O2S2. The van der Waals surface area contributed by atoms with Gasteiger partial charge in [0.25, 0.3) is 5.89 Å². The summed E-state index contributed by atoms with van der Waals surface area (Å²) in [5.41, 5.74) is 0. The van der Waals surface area contributed by atoms with Gasteiger partial charge in [0.2, 0.25) is 5.89 Å². The van der Waals surface area contributed by atoms with Gasteiger partial charge in [0, 0.05) is 10.3 Å². The largest absolute Gasteiger partial charge is 0.459 e. The average Bonchev–Trinajstić information content (AvgIpc) is 3.31. The van der Waals surface area contributed by atoms with Crippen molar-refractivity contribution >= 4 is 33.3 Å². The van der Waals surface area contributed by atoms with Gasteiger partial charge < -0.3 is 8.83 Å². The van der Waals surface area contributed by atoms with Crippen LogP contribution in [0.3, 0.4) is 0 Å². The summed E-state index contributed by atoms with van der Waals surface area (Å²) in [5, 5.41) is 10.1. The number of fused-ring (bicyclic) bond motifs is 1. The van der Waals surface area contributed by atoms with Crippen LogP contribution in [0.5, 0.6) is 0 Å². The Bertz CT molecular complexity index is 930. The third-order valence-corrected chi connectivity index (χ3v) is 5.40. The van der Waals surface area contributed by atoms with Crippen molar-refractivity contribution in [3.63, 3.8) is 0 Å². The van der Waals surface area contributed by atoms with Crippen LogP contribution in [0.4, 0.5) is 0 Å². The van der Waals surface area contributed by atoms with Crippen LogP contribution in [0, 0.1) is 0 Å². The Balaban J connectivity index is 1.54. The molecule has 0 N–H and O–H groups in total. The highest BCUT2D eigenvalue weighted by atomic mass is 32.2. The molecule has 6 nitrogen and oxygen atoms in total. The number of thiophene rings is 1. The Kier molecular flexibility index (Phi) is 3.84. The minimum absolute atomic E-state index is 0.391. The Morgan fingerprint density at radius 1 is 1.26 bits per heavy atom. The smallest absolute Gasteiger partial charge is 0.283 e. The van der Waals surface area contributed by atoms with E-state index < -0.39 is 0 Å². The number of nitrogens with zero attached hydrogens (tertiary/aromatic N) is 4. The second-order valence-electron chi connectivity index (χ2n) is 4.73. The number of furan rings is 1. The van der Waals surface area contributed by atoms with Gasteiger partial charge in [0.15, 0.2) is 5.76 Å². The molecule has 116 valence electrons. The van der Waals surface area contributed by atoms with Crippen LogP contribution in [-0.4, -0.2) is 20.2 Å². The highest BCUT2D eigenvalue weighted by Gasteiger charge is 2.13. The lowest BCUT2D eigenvalue weighted by Crippen LogP contribution is -1.85. The van der Waals surface area contributed by atoms with E-state index in [1.54, 1.807) is 47.8 Å². The van der Waals surface area contributed by atoms with Gasteiger partial charge in [-0.25, -0.2) is 9.97 Å². The molecule has 0 aliphatic heterocycles. The standard InChI is InChI=1S/C15H12N4O2S2/c1-2-9-6-10-14(16-8-17-15(10)23-9)22-7-12-18-19-13(21-12)11-4-3-5-20-11/h3-6,8H,2,7H2,1H3. The first-order chi connectivity index (χ1) is 11.3. The Morgan fingerprint density at radius 2 is 2.22 bits per heavy atom. The normalized spacial score (nSPS) is 11.3. The Morgan fingerprint density at radius 3 is 3.04 bits per heavy atom. The van der Waals surface area contributed by atoms with Gasteiger partial charge >= 0.3 is 0 Å². The fraction of sp³-hybridized carbons (Fsp3) is 0.200. The van der Waals surface area contributed by atoms with E-state index in [4.69, 9.17) is 8.83 Å². The molecule has 0 atom stereocenters. The predicted molar refractivity (Wildman–Crippen MR) is 88.4 cm³/mol. The number of hydrogen-bond acceptors (Lipinski definition) is 8. The summed E-state index contributed by atoms with van der Waals surface area (Å²) in [6.07, 6.45) is 4.18. The quantitative estimate of drug-likeness (QED) is 0.397. The van der Waals surface area contributed by atoms with Gasteiger partial charge in [-0.05, 0) is 24.6 Å². The fourth-order valence-corrected chi connectivity index (χ4v) is 3.92. The Hall–Kier alpha value is -2.19. The van der Waals surface area contributed by atoms with Crippen LogP contribution in [0.2, 0.25) is 0 Å². The predicted octanol–water partition coefficient (Wildman–Crippen LogP) is 4.19. The van der Waals surface area contributed by atoms with Crippen LogP contribution in [0.15, 0.2) is 44.6 Å². The van der Waals surface area contributed by atoms with E-state index in [-0.39, 0.29) is 0 Å². The lowest BCUT2D eigenvalue weighted by atomic mass is 10.3. The molecular weight excluding hydrogens is 332 g/mol. The van der Waals surface area contributed by atoms with Gasteiger partial charge in [-0.3, -0.25) is 0 Å². The molecule has 23 heavy (non-hydrogen) atoms. The van der Waals surface area contributed by atoms with Crippen LogP contribution in [0.1, 0.15) is 17.7 Å². The van der Waals surface area contributed by atoms with E-state index in [1.165, 1.54) is 4.88 Å². The monoisotopic (exact) mass is 344 g/mol. The summed E-state index contributed by atoms with van der Waals surface area (Å²) in [7, 11) is 0. The number of aryl methyl sites for hydroxylation is 1. The molecule has 0 saturated heterocycles. The molecule has 0 amide bonds. The van der Waals surface area contributed by atoms with E-state index in [2.05, 4.69) is 33.2 Å². The van der Waals surface area contributed by atoms with Gasteiger partial charge in [0.05, 0.1) is 12.0 Å². The van der Waals surface area contributed by atoms with E-state index in [0.29, 0.717) is 23.3 Å². The molecule has 0 bridgehead atoms. The number of rotatable bonds is 5. The zero-order valence-electron chi connectivity index (χ0n) is 12.2. The molecule has 0 saturated carbocycles. The molecule has 0 spiro atoms. The van der Waals surface area contributed by atoms with E-state index in [9.17, 15) is 0 Å². The molecule has 4 aromatic heterocycles. The second kappa shape index (κ2) is 6.13. The van der Waals surface area contributed by atoms with Crippen molar-refractivity contribution in [2.45, 2.75) is 24.1 Å². The van der Waals surface area contributed by atoms with E-state index in [1.807, 2.05) is 0 Å². The van der Waals surface area contributed by atoms with Crippen molar-refractivity contribution in [1.82, 2.24) is 20.2 Å². The Labute approximate surface area is 140 Å². The van der Waals surface area contributed by atoms with Gasteiger partial charge in [-0.1, -0.05) is 18.7 Å². The molecule has 8 heteroatoms. The summed E-state index contributed by atoms with van der Waals surface area (Å²) in [5.74, 6) is 2.06. The van der Waals surface area contributed by atoms with Crippen LogP contribution in [-0.2, 0) is 12.2 Å². The summed E-state index contributed by atoms with van der Waals surface area (Å²) in [6, 6.07) is 5.73. The minimum atomic E-state index is 0.391. The molecule has 4 aromatic rings. The molecule has 0 aliphatic carbocycles. The zero-order chi connectivity index (χ0) is 15.6. The maximum atomic E-state index is 5.61. The summed E-state index contributed by atoms with van der Waals surface area (Å²) in [4.78, 5) is 11.0. The van der Waals surface area contributed by atoms with Crippen molar-refractivity contribution in [3.05, 3.63) is 41.6 Å². The third kappa shape index (κ3) is 2.87. The molecule has 0 aromatic carbocycles. The molecule has 0 aliphatic rings. The topological polar surface area (TPSA) is 77.8 Å². The molecule has 4 heterocycles. The fourth-order valence-electron chi connectivity index (χ4n) is 2.11. The highest BCUT2D eigenvalue weighted by molar-refractivity contribution is 7.98. The summed E-state index contributed by atoms with van der Waals surface area (Å²) < 4.78 is 10.9. The van der Waals surface area contributed by atoms with Crippen molar-refractivity contribution in [1.29, 1.82) is 0 Å². The maximum absolute atomic E-state index is 5.61. The average molecular weight is 344 g/mol. The summed E-state index contributed by atoms with van der Waals surface area (Å²) >= 11 is 3.27. The molecule has 4 rings (SSSR count). The third-order valence-electron chi connectivity index (χ3n) is 3.22. The van der Waals surface area contributed by atoms with Crippen LogP contribution in [0.25, 0.3) is 21.9 Å². The SMILES string of the molecule is CCc1cc2c(SCc3nnc(-c4ccco4)o3)ncnc2s1. The van der Waals surface area contributed by atoms with Crippen molar-refractivity contribution in [2.24, 2.45) is 0 Å². The summed E-state index contributed by atoms with van der Waals surface area (Å²) in [6.45, 7) is 2.14. The van der Waals surface area contributed by atoms with E-state index in [0.717, 1.165) is 21.7 Å². The van der Waals surface area contributed by atoms with Crippen molar-refractivity contribution in [2.75, 3.05) is 0 Å². The van der Waals surface area contributed by atoms with Crippen LogP contribution >= 0.6 is 23.1 Å². The first kappa shape index (κ1) is 14.4. The van der Waals surface area contributed by atoms with Crippen molar-refractivity contribution < 1.29 is 8.83 Å².